The SMILES string of the molecule is COc1ccc(C2CCCN2C(=O)C(C)(N)C2CC2)cc1. The van der Waals surface area contributed by atoms with Gasteiger partial charge in [-0.25, -0.2) is 0 Å². The Morgan fingerprint density at radius 2 is 1.95 bits per heavy atom. The van der Waals surface area contributed by atoms with E-state index in [1.54, 1.807) is 7.11 Å². The number of nitrogens with zero attached hydrogens (tertiary/aromatic N) is 1. The lowest BCUT2D eigenvalue weighted by Gasteiger charge is -2.33. The van der Waals surface area contributed by atoms with E-state index in [1.807, 2.05) is 24.0 Å². The fraction of sp³-hybridized carbons (Fsp3) is 0.588. The molecule has 21 heavy (non-hydrogen) atoms. The molecule has 1 aliphatic carbocycles. The van der Waals surface area contributed by atoms with Crippen LogP contribution in [0.2, 0.25) is 0 Å². The van der Waals surface area contributed by atoms with Crippen molar-refractivity contribution >= 4 is 5.91 Å². The summed E-state index contributed by atoms with van der Waals surface area (Å²) in [4.78, 5) is 14.8. The van der Waals surface area contributed by atoms with Crippen LogP contribution in [-0.4, -0.2) is 30.0 Å². The number of nitrogens with two attached hydrogens (primary N) is 1. The highest BCUT2D eigenvalue weighted by atomic mass is 16.5. The van der Waals surface area contributed by atoms with Crippen LogP contribution in [0.5, 0.6) is 5.75 Å². The number of ether oxygens (including phenoxy) is 1. The van der Waals surface area contributed by atoms with Gasteiger partial charge in [0, 0.05) is 6.54 Å². The molecule has 2 unspecified atom stereocenters. The Bertz CT molecular complexity index is 520. The lowest BCUT2D eigenvalue weighted by atomic mass is 9.94. The summed E-state index contributed by atoms with van der Waals surface area (Å²) in [7, 11) is 1.66. The summed E-state index contributed by atoms with van der Waals surface area (Å²) in [6, 6.07) is 8.18. The minimum absolute atomic E-state index is 0.114. The maximum Gasteiger partial charge on any atom is 0.243 e. The predicted octanol–water partition coefficient (Wildman–Crippen LogP) is 2.49. The molecular weight excluding hydrogens is 264 g/mol. The fourth-order valence-electron chi connectivity index (χ4n) is 3.35. The Balaban J connectivity index is 1.79. The smallest absolute Gasteiger partial charge is 0.243 e. The van der Waals surface area contributed by atoms with Crippen molar-refractivity contribution in [1.29, 1.82) is 0 Å². The van der Waals surface area contributed by atoms with E-state index in [4.69, 9.17) is 10.5 Å². The maximum absolute atomic E-state index is 12.8. The first kappa shape index (κ1) is 14.4. The Morgan fingerprint density at radius 1 is 1.29 bits per heavy atom. The number of likely N-dealkylation sites (tertiary alicyclic amines) is 1. The average molecular weight is 288 g/mol. The molecule has 4 nitrogen and oxygen atoms in total. The van der Waals surface area contributed by atoms with Crippen LogP contribution in [-0.2, 0) is 4.79 Å². The largest absolute Gasteiger partial charge is 0.497 e. The van der Waals surface area contributed by atoms with Gasteiger partial charge in [0.2, 0.25) is 5.91 Å². The van der Waals surface area contributed by atoms with E-state index in [1.165, 1.54) is 5.56 Å². The van der Waals surface area contributed by atoms with E-state index in [0.717, 1.165) is 38.0 Å². The highest BCUT2D eigenvalue weighted by Crippen LogP contribution is 2.42. The summed E-state index contributed by atoms with van der Waals surface area (Å²) in [5, 5.41) is 0. The van der Waals surface area contributed by atoms with Crippen molar-refractivity contribution in [3.05, 3.63) is 29.8 Å². The van der Waals surface area contributed by atoms with Crippen LogP contribution < -0.4 is 10.5 Å². The number of amides is 1. The van der Waals surface area contributed by atoms with E-state index >= 15 is 0 Å². The van der Waals surface area contributed by atoms with Gasteiger partial charge in [-0.2, -0.15) is 0 Å². The summed E-state index contributed by atoms with van der Waals surface area (Å²) >= 11 is 0. The summed E-state index contributed by atoms with van der Waals surface area (Å²) in [6.45, 7) is 2.71. The molecule has 114 valence electrons. The Labute approximate surface area is 126 Å². The Morgan fingerprint density at radius 3 is 2.52 bits per heavy atom. The van der Waals surface area contributed by atoms with E-state index in [0.29, 0.717) is 5.92 Å². The zero-order valence-corrected chi connectivity index (χ0v) is 12.8. The number of methoxy groups -OCH3 is 1. The molecule has 0 aromatic heterocycles. The van der Waals surface area contributed by atoms with Crippen LogP contribution >= 0.6 is 0 Å². The third-order valence-electron chi connectivity index (χ3n) is 4.90. The van der Waals surface area contributed by atoms with Crippen molar-refractivity contribution in [3.8, 4) is 5.75 Å². The van der Waals surface area contributed by atoms with Gasteiger partial charge in [-0.1, -0.05) is 12.1 Å². The highest BCUT2D eigenvalue weighted by molar-refractivity contribution is 5.87. The van der Waals surface area contributed by atoms with Gasteiger partial charge in [-0.3, -0.25) is 4.79 Å². The molecule has 3 rings (SSSR count). The molecule has 1 heterocycles. The monoisotopic (exact) mass is 288 g/mol. The molecule has 1 saturated carbocycles. The van der Waals surface area contributed by atoms with Crippen LogP contribution in [0.25, 0.3) is 0 Å². The molecule has 1 amide bonds. The van der Waals surface area contributed by atoms with Gasteiger partial charge in [0.05, 0.1) is 18.7 Å². The van der Waals surface area contributed by atoms with Crippen LogP contribution in [0.1, 0.15) is 44.2 Å². The minimum atomic E-state index is -0.699. The second kappa shape index (κ2) is 5.34. The van der Waals surface area contributed by atoms with Crippen LogP contribution in [0.15, 0.2) is 24.3 Å². The second-order valence-corrected chi connectivity index (χ2v) is 6.49. The van der Waals surface area contributed by atoms with Gasteiger partial charge in [0.15, 0.2) is 0 Å². The molecule has 2 fully saturated rings. The van der Waals surface area contributed by atoms with Crippen LogP contribution in [0.4, 0.5) is 0 Å². The molecule has 0 radical (unpaired) electrons. The van der Waals surface area contributed by atoms with E-state index in [9.17, 15) is 4.79 Å². The van der Waals surface area contributed by atoms with Gasteiger partial charge in [-0.05, 0) is 56.2 Å². The third-order valence-corrected chi connectivity index (χ3v) is 4.90. The van der Waals surface area contributed by atoms with Gasteiger partial charge in [0.25, 0.3) is 0 Å². The molecule has 1 aromatic carbocycles. The molecule has 2 N–H and O–H groups in total. The number of carbonyl (C=O) groups excluding carboxylic acids is 1. The Hall–Kier alpha value is -1.55. The number of carbonyl (C=O) groups is 1. The van der Waals surface area contributed by atoms with Crippen molar-refractivity contribution in [2.24, 2.45) is 11.7 Å². The van der Waals surface area contributed by atoms with Crippen LogP contribution in [0.3, 0.4) is 0 Å². The molecule has 4 heteroatoms. The molecule has 2 atom stereocenters. The number of rotatable bonds is 4. The Kier molecular flexibility index (Phi) is 3.66. The van der Waals surface area contributed by atoms with Crippen molar-refractivity contribution in [2.75, 3.05) is 13.7 Å². The zero-order valence-electron chi connectivity index (χ0n) is 12.8. The topological polar surface area (TPSA) is 55.6 Å². The molecule has 0 spiro atoms. The molecule has 1 aliphatic heterocycles. The standard InChI is InChI=1S/C17H24N2O2/c1-17(18,13-7-8-13)16(20)19-11-3-4-15(19)12-5-9-14(21-2)10-6-12/h5-6,9-10,13,15H,3-4,7-8,11,18H2,1-2H3. The van der Waals surface area contributed by atoms with E-state index in [2.05, 4.69) is 12.1 Å². The highest BCUT2D eigenvalue weighted by Gasteiger charge is 2.47. The van der Waals surface area contributed by atoms with Gasteiger partial charge in [0.1, 0.15) is 5.75 Å². The van der Waals surface area contributed by atoms with Crippen LogP contribution in [0, 0.1) is 5.92 Å². The van der Waals surface area contributed by atoms with Crippen molar-refractivity contribution in [2.45, 2.75) is 44.2 Å². The minimum Gasteiger partial charge on any atom is -0.497 e. The zero-order chi connectivity index (χ0) is 15.0. The number of benzene rings is 1. The lowest BCUT2D eigenvalue weighted by molar-refractivity contribution is -0.138. The first-order chi connectivity index (χ1) is 10.0. The maximum atomic E-state index is 12.8. The molecule has 1 aromatic rings. The van der Waals surface area contributed by atoms with E-state index in [-0.39, 0.29) is 11.9 Å². The number of hydrogen-bond donors (Lipinski definition) is 1. The van der Waals surface area contributed by atoms with Gasteiger partial charge < -0.3 is 15.4 Å². The first-order valence-electron chi connectivity index (χ1n) is 7.78. The van der Waals surface area contributed by atoms with Crippen molar-refractivity contribution < 1.29 is 9.53 Å². The summed E-state index contributed by atoms with van der Waals surface area (Å²) in [5.74, 6) is 1.32. The molecular formula is C17H24N2O2. The number of hydrogen-bond acceptors (Lipinski definition) is 3. The fourth-order valence-corrected chi connectivity index (χ4v) is 3.35. The summed E-state index contributed by atoms with van der Waals surface area (Å²) in [5.41, 5.74) is 6.80. The molecule has 2 aliphatic rings. The van der Waals surface area contributed by atoms with Gasteiger partial charge >= 0.3 is 0 Å². The summed E-state index contributed by atoms with van der Waals surface area (Å²) < 4.78 is 5.20. The average Bonchev–Trinajstić information content (AvgIpc) is 3.25. The van der Waals surface area contributed by atoms with Gasteiger partial charge in [-0.15, -0.1) is 0 Å². The molecule has 1 saturated heterocycles. The first-order valence-corrected chi connectivity index (χ1v) is 7.78. The van der Waals surface area contributed by atoms with Crippen molar-refractivity contribution in [1.82, 2.24) is 4.90 Å². The van der Waals surface area contributed by atoms with E-state index < -0.39 is 5.54 Å². The lowest BCUT2D eigenvalue weighted by Crippen LogP contribution is -2.54. The summed E-state index contributed by atoms with van der Waals surface area (Å²) in [6.07, 6.45) is 4.22. The normalized spacial score (nSPS) is 24.7. The van der Waals surface area contributed by atoms with Crippen molar-refractivity contribution in [3.63, 3.8) is 0 Å². The molecule has 0 bridgehead atoms. The predicted molar refractivity (Wildman–Crippen MR) is 82.0 cm³/mol. The quantitative estimate of drug-likeness (QED) is 0.926. The third kappa shape index (κ3) is 2.64. The second-order valence-electron chi connectivity index (χ2n) is 6.49.